The summed E-state index contributed by atoms with van der Waals surface area (Å²) in [4.78, 5) is 32.8. The lowest BCUT2D eigenvalue weighted by Gasteiger charge is -2.15. The Labute approximate surface area is 166 Å². The van der Waals surface area contributed by atoms with Crippen molar-refractivity contribution >= 4 is 28.0 Å². The van der Waals surface area contributed by atoms with Crippen LogP contribution in [0.4, 0.5) is 0 Å². The number of fused-ring (bicyclic) bond motifs is 2. The van der Waals surface area contributed by atoms with Crippen LogP contribution in [-0.4, -0.2) is 30.8 Å². The van der Waals surface area contributed by atoms with E-state index in [0.29, 0.717) is 17.8 Å². The van der Waals surface area contributed by atoms with E-state index in [4.69, 9.17) is 0 Å². The van der Waals surface area contributed by atoms with E-state index < -0.39 is 0 Å². The predicted molar refractivity (Wildman–Crippen MR) is 110 cm³/mol. The van der Waals surface area contributed by atoms with Gasteiger partial charge in [0, 0.05) is 24.4 Å². The molecule has 0 saturated heterocycles. The normalized spacial score (nSPS) is 12.3. The minimum Gasteiger partial charge on any atom is -0.342 e. The Morgan fingerprint density at radius 1 is 0.862 bits per heavy atom. The minimum atomic E-state index is -0.372. The number of pyridine rings is 1. The lowest BCUT2D eigenvalue weighted by atomic mass is 10.1. The number of carbonyl (C=O) groups is 1. The van der Waals surface area contributed by atoms with Gasteiger partial charge < -0.3 is 15.3 Å². The van der Waals surface area contributed by atoms with Crippen LogP contribution in [0.15, 0.2) is 73.1 Å². The fourth-order valence-electron chi connectivity index (χ4n) is 3.39. The van der Waals surface area contributed by atoms with Gasteiger partial charge in [0.05, 0.1) is 28.1 Å². The molecule has 0 radical (unpaired) electrons. The molecule has 5 rings (SSSR count). The third-order valence-corrected chi connectivity index (χ3v) is 4.82. The summed E-state index contributed by atoms with van der Waals surface area (Å²) >= 11 is 0. The standard InChI is InChI=1S/C22H18N6O/c29-22(14-9-11-23-12-10-14)28-19(21-26-17-7-3-4-8-18(17)27-21)13-20-24-15-5-1-2-6-16(15)25-20/h1-12,19H,13H2,(H,24,25)(H,26,27)(H,28,29). The third-order valence-electron chi connectivity index (χ3n) is 4.82. The number of imidazole rings is 2. The molecule has 2 aromatic carbocycles. The number of rotatable bonds is 5. The fraction of sp³-hybridized carbons (Fsp3) is 0.0909. The van der Waals surface area contributed by atoms with Crippen LogP contribution in [0.25, 0.3) is 22.1 Å². The zero-order valence-corrected chi connectivity index (χ0v) is 15.5. The molecular weight excluding hydrogens is 364 g/mol. The number of H-pyrrole nitrogens is 2. The first-order valence-corrected chi connectivity index (χ1v) is 9.35. The molecule has 0 aliphatic carbocycles. The lowest BCUT2D eigenvalue weighted by molar-refractivity contribution is 0.0934. The summed E-state index contributed by atoms with van der Waals surface area (Å²) in [6, 6.07) is 18.7. The van der Waals surface area contributed by atoms with E-state index in [2.05, 4.69) is 30.2 Å². The molecule has 7 heteroatoms. The molecule has 3 N–H and O–H groups in total. The third kappa shape index (κ3) is 3.45. The second kappa shape index (κ2) is 7.20. The number of nitrogens with zero attached hydrogens (tertiary/aromatic N) is 3. The molecule has 3 heterocycles. The molecule has 0 saturated carbocycles. The van der Waals surface area contributed by atoms with Crippen LogP contribution >= 0.6 is 0 Å². The summed E-state index contributed by atoms with van der Waals surface area (Å²) in [5.41, 5.74) is 4.19. The topological polar surface area (TPSA) is 99.4 Å². The van der Waals surface area contributed by atoms with Crippen molar-refractivity contribution in [2.45, 2.75) is 12.5 Å². The van der Waals surface area contributed by atoms with E-state index in [1.165, 1.54) is 0 Å². The molecule has 3 aromatic heterocycles. The average Bonchev–Trinajstić information content (AvgIpc) is 3.37. The van der Waals surface area contributed by atoms with Crippen LogP contribution in [-0.2, 0) is 6.42 Å². The first-order chi connectivity index (χ1) is 14.3. The van der Waals surface area contributed by atoms with Gasteiger partial charge in [0.15, 0.2) is 0 Å². The van der Waals surface area contributed by atoms with Gasteiger partial charge in [-0.05, 0) is 36.4 Å². The second-order valence-electron chi connectivity index (χ2n) is 6.81. The van der Waals surface area contributed by atoms with Crippen molar-refractivity contribution < 1.29 is 4.79 Å². The number of carbonyl (C=O) groups excluding carboxylic acids is 1. The first kappa shape index (κ1) is 17.1. The van der Waals surface area contributed by atoms with Crippen LogP contribution in [0.5, 0.6) is 0 Å². The molecule has 0 aliphatic rings. The van der Waals surface area contributed by atoms with E-state index in [1.807, 2.05) is 48.5 Å². The van der Waals surface area contributed by atoms with E-state index in [-0.39, 0.29) is 11.9 Å². The molecule has 29 heavy (non-hydrogen) atoms. The maximum atomic E-state index is 12.8. The Morgan fingerprint density at radius 3 is 2.21 bits per heavy atom. The number of benzene rings is 2. The van der Waals surface area contributed by atoms with E-state index >= 15 is 0 Å². The number of para-hydroxylation sites is 4. The SMILES string of the molecule is O=C(NC(Cc1nc2ccccc2[nH]1)c1nc2ccccc2[nH]1)c1ccncc1. The first-order valence-electron chi connectivity index (χ1n) is 9.35. The van der Waals surface area contributed by atoms with Crippen LogP contribution in [0.1, 0.15) is 28.0 Å². The van der Waals surface area contributed by atoms with Crippen molar-refractivity contribution in [3.8, 4) is 0 Å². The maximum Gasteiger partial charge on any atom is 0.251 e. The van der Waals surface area contributed by atoms with Crippen molar-refractivity contribution in [3.63, 3.8) is 0 Å². The monoisotopic (exact) mass is 382 g/mol. The molecule has 7 nitrogen and oxygen atoms in total. The number of nitrogens with one attached hydrogen (secondary N) is 3. The Morgan fingerprint density at radius 2 is 1.52 bits per heavy atom. The number of aromatic nitrogens is 5. The Bertz CT molecular complexity index is 1220. The number of aromatic amines is 2. The Hall–Kier alpha value is -4.00. The maximum absolute atomic E-state index is 12.8. The predicted octanol–water partition coefficient (Wildman–Crippen LogP) is 3.55. The molecule has 142 valence electrons. The van der Waals surface area contributed by atoms with Gasteiger partial charge in [0.2, 0.25) is 0 Å². The Balaban J connectivity index is 1.50. The van der Waals surface area contributed by atoms with Crippen LogP contribution in [0, 0.1) is 0 Å². The van der Waals surface area contributed by atoms with Gasteiger partial charge in [0.1, 0.15) is 11.6 Å². The van der Waals surface area contributed by atoms with Gasteiger partial charge in [0.25, 0.3) is 5.91 Å². The molecule has 0 fully saturated rings. The zero-order chi connectivity index (χ0) is 19.6. The number of hydrogen-bond acceptors (Lipinski definition) is 4. The van der Waals surface area contributed by atoms with Crippen molar-refractivity contribution in [3.05, 3.63) is 90.3 Å². The minimum absolute atomic E-state index is 0.186. The van der Waals surface area contributed by atoms with Gasteiger partial charge >= 0.3 is 0 Å². The molecule has 0 aliphatic heterocycles. The smallest absolute Gasteiger partial charge is 0.251 e. The second-order valence-corrected chi connectivity index (χ2v) is 6.81. The summed E-state index contributed by atoms with van der Waals surface area (Å²) in [5.74, 6) is 1.29. The highest BCUT2D eigenvalue weighted by Gasteiger charge is 2.21. The average molecular weight is 382 g/mol. The van der Waals surface area contributed by atoms with E-state index in [0.717, 1.165) is 27.9 Å². The molecular formula is C22H18N6O. The van der Waals surface area contributed by atoms with Gasteiger partial charge in [-0.3, -0.25) is 9.78 Å². The number of amides is 1. The number of hydrogen-bond donors (Lipinski definition) is 3. The van der Waals surface area contributed by atoms with Crippen molar-refractivity contribution in [1.82, 2.24) is 30.2 Å². The van der Waals surface area contributed by atoms with Gasteiger partial charge in [-0.2, -0.15) is 0 Å². The molecule has 0 bridgehead atoms. The van der Waals surface area contributed by atoms with Crippen molar-refractivity contribution in [1.29, 1.82) is 0 Å². The molecule has 1 atom stereocenters. The van der Waals surface area contributed by atoms with Crippen LogP contribution in [0.3, 0.4) is 0 Å². The van der Waals surface area contributed by atoms with Gasteiger partial charge in [-0.15, -0.1) is 0 Å². The molecule has 1 unspecified atom stereocenters. The molecule has 0 spiro atoms. The van der Waals surface area contributed by atoms with Crippen molar-refractivity contribution in [2.75, 3.05) is 0 Å². The quantitative estimate of drug-likeness (QED) is 0.433. The highest BCUT2D eigenvalue weighted by Crippen LogP contribution is 2.21. The zero-order valence-electron chi connectivity index (χ0n) is 15.5. The summed E-state index contributed by atoms with van der Waals surface area (Å²) in [7, 11) is 0. The highest BCUT2D eigenvalue weighted by atomic mass is 16.1. The van der Waals surface area contributed by atoms with Crippen LogP contribution < -0.4 is 5.32 Å². The van der Waals surface area contributed by atoms with E-state index in [9.17, 15) is 4.79 Å². The van der Waals surface area contributed by atoms with Crippen molar-refractivity contribution in [2.24, 2.45) is 0 Å². The van der Waals surface area contributed by atoms with Crippen LogP contribution in [0.2, 0.25) is 0 Å². The fourth-order valence-corrected chi connectivity index (χ4v) is 3.39. The summed E-state index contributed by atoms with van der Waals surface area (Å²) in [6.45, 7) is 0. The summed E-state index contributed by atoms with van der Waals surface area (Å²) in [5, 5.41) is 3.08. The molecule has 5 aromatic rings. The Kier molecular flexibility index (Phi) is 4.25. The van der Waals surface area contributed by atoms with Gasteiger partial charge in [-0.25, -0.2) is 9.97 Å². The summed E-state index contributed by atoms with van der Waals surface area (Å²) < 4.78 is 0. The van der Waals surface area contributed by atoms with E-state index in [1.54, 1.807) is 24.5 Å². The largest absolute Gasteiger partial charge is 0.342 e. The van der Waals surface area contributed by atoms with Gasteiger partial charge in [-0.1, -0.05) is 24.3 Å². The lowest BCUT2D eigenvalue weighted by Crippen LogP contribution is -2.31. The summed E-state index contributed by atoms with van der Waals surface area (Å²) in [6.07, 6.45) is 3.68. The molecule has 1 amide bonds. The highest BCUT2D eigenvalue weighted by molar-refractivity contribution is 5.94.